The van der Waals surface area contributed by atoms with Gasteiger partial charge in [0.2, 0.25) is 0 Å². The van der Waals surface area contributed by atoms with E-state index in [1.165, 1.54) is 5.56 Å². The van der Waals surface area contributed by atoms with Crippen LogP contribution < -0.4 is 11.1 Å². The second-order valence-electron chi connectivity index (χ2n) is 5.60. The minimum Gasteiger partial charge on any atom is -0.388 e. The predicted octanol–water partition coefficient (Wildman–Crippen LogP) is 4.23. The van der Waals surface area contributed by atoms with Crippen LogP contribution in [0.5, 0.6) is 0 Å². The highest BCUT2D eigenvalue weighted by atomic mass is 32.1. The van der Waals surface area contributed by atoms with Crippen molar-refractivity contribution >= 4 is 27.2 Å². The van der Waals surface area contributed by atoms with Crippen LogP contribution in [0.3, 0.4) is 0 Å². The molecule has 1 unspecified atom stereocenters. The molecule has 1 aromatic heterocycles. The number of hydrogen-bond acceptors (Lipinski definition) is 4. The lowest BCUT2D eigenvalue weighted by Gasteiger charge is -2.06. The molecular weight excluding hydrogens is 309 g/mol. The van der Waals surface area contributed by atoms with Crippen LogP contribution in [0.15, 0.2) is 42.5 Å². The number of anilines is 1. The van der Waals surface area contributed by atoms with Crippen LogP contribution >= 0.6 is 11.3 Å². The van der Waals surface area contributed by atoms with E-state index in [1.54, 1.807) is 11.3 Å². The number of thiazole rings is 1. The molecule has 120 valence electrons. The van der Waals surface area contributed by atoms with E-state index in [0.717, 1.165) is 32.9 Å². The number of alkyl halides is 1. The Bertz CT molecular complexity index is 783. The number of nitrogens with zero attached hydrogens (tertiary/aromatic N) is 1. The van der Waals surface area contributed by atoms with Crippen molar-refractivity contribution in [2.75, 3.05) is 19.0 Å². The van der Waals surface area contributed by atoms with Crippen molar-refractivity contribution in [2.24, 2.45) is 5.73 Å². The number of halogens is 1. The third-order valence-corrected chi connectivity index (χ3v) is 4.94. The first-order valence-electron chi connectivity index (χ1n) is 7.69. The summed E-state index contributed by atoms with van der Waals surface area (Å²) in [7, 11) is 1.91. The van der Waals surface area contributed by atoms with E-state index in [1.807, 2.05) is 25.2 Å². The first-order valence-corrected chi connectivity index (χ1v) is 8.50. The number of nitrogens with two attached hydrogens (primary N) is 1. The van der Waals surface area contributed by atoms with Gasteiger partial charge < -0.3 is 11.1 Å². The molecule has 5 heteroatoms. The molecule has 23 heavy (non-hydrogen) atoms. The summed E-state index contributed by atoms with van der Waals surface area (Å²) in [6.45, 7) is -0.463. The Balaban J connectivity index is 1.83. The zero-order valence-electron chi connectivity index (χ0n) is 13.1. The second-order valence-corrected chi connectivity index (χ2v) is 6.63. The van der Waals surface area contributed by atoms with Crippen molar-refractivity contribution < 1.29 is 4.39 Å². The maximum absolute atomic E-state index is 12.5. The van der Waals surface area contributed by atoms with Crippen molar-refractivity contribution in [3.8, 4) is 10.6 Å². The van der Waals surface area contributed by atoms with Gasteiger partial charge in [-0.05, 0) is 54.8 Å². The van der Waals surface area contributed by atoms with Gasteiger partial charge in [-0.2, -0.15) is 0 Å². The molecule has 0 aliphatic rings. The number of nitrogens with one attached hydrogen (secondary N) is 1. The van der Waals surface area contributed by atoms with Crippen LogP contribution in [-0.2, 0) is 6.42 Å². The summed E-state index contributed by atoms with van der Waals surface area (Å²) >= 11 is 1.68. The van der Waals surface area contributed by atoms with Gasteiger partial charge in [-0.25, -0.2) is 9.37 Å². The molecule has 0 spiro atoms. The SMILES string of the molecule is CNc1ccc(-c2nc3ccc(CCC(N)CF)cc3s2)cc1. The van der Waals surface area contributed by atoms with Gasteiger partial charge in [0.15, 0.2) is 0 Å². The van der Waals surface area contributed by atoms with Gasteiger partial charge in [0.1, 0.15) is 11.7 Å². The first-order chi connectivity index (χ1) is 11.2. The fourth-order valence-electron chi connectivity index (χ4n) is 2.46. The Labute approximate surface area is 139 Å². The lowest BCUT2D eigenvalue weighted by Crippen LogP contribution is -2.22. The average Bonchev–Trinajstić information content (AvgIpc) is 3.03. The molecule has 0 bridgehead atoms. The van der Waals surface area contributed by atoms with Crippen molar-refractivity contribution in [1.29, 1.82) is 0 Å². The molecular formula is C18H20FN3S. The Hall–Kier alpha value is -1.98. The van der Waals surface area contributed by atoms with Crippen molar-refractivity contribution in [3.63, 3.8) is 0 Å². The van der Waals surface area contributed by atoms with Gasteiger partial charge in [-0.3, -0.25) is 0 Å². The van der Waals surface area contributed by atoms with E-state index in [4.69, 9.17) is 10.7 Å². The highest BCUT2D eigenvalue weighted by Gasteiger charge is 2.08. The minimum atomic E-state index is -0.463. The van der Waals surface area contributed by atoms with Gasteiger partial charge in [0.25, 0.3) is 0 Å². The fourth-order valence-corrected chi connectivity index (χ4v) is 3.49. The van der Waals surface area contributed by atoms with E-state index < -0.39 is 6.67 Å². The molecule has 3 rings (SSSR count). The average molecular weight is 329 g/mol. The van der Waals surface area contributed by atoms with E-state index >= 15 is 0 Å². The standard InChI is InChI=1S/C18H20FN3S/c1-21-15-7-4-13(5-8-15)18-22-16-9-3-12(10-17(16)23-18)2-6-14(20)11-19/h3-5,7-10,14,21H,2,6,11,20H2,1H3. The van der Waals surface area contributed by atoms with Crippen molar-refractivity contribution in [3.05, 3.63) is 48.0 Å². The molecule has 3 N–H and O–H groups in total. The number of fused-ring (bicyclic) bond motifs is 1. The van der Waals surface area contributed by atoms with Gasteiger partial charge >= 0.3 is 0 Å². The van der Waals surface area contributed by atoms with Gasteiger partial charge in [0.05, 0.1) is 10.2 Å². The topological polar surface area (TPSA) is 50.9 Å². The monoisotopic (exact) mass is 329 g/mol. The Kier molecular flexibility index (Phi) is 4.88. The van der Waals surface area contributed by atoms with Crippen LogP contribution in [0.1, 0.15) is 12.0 Å². The highest BCUT2D eigenvalue weighted by Crippen LogP contribution is 2.31. The number of aromatic nitrogens is 1. The number of hydrogen-bond donors (Lipinski definition) is 2. The predicted molar refractivity (Wildman–Crippen MR) is 96.9 cm³/mol. The summed E-state index contributed by atoms with van der Waals surface area (Å²) in [6.07, 6.45) is 1.46. The number of aryl methyl sites for hydroxylation is 1. The lowest BCUT2D eigenvalue weighted by molar-refractivity contribution is 0.414. The van der Waals surface area contributed by atoms with E-state index in [-0.39, 0.29) is 6.04 Å². The van der Waals surface area contributed by atoms with Crippen LogP contribution in [0.4, 0.5) is 10.1 Å². The molecule has 3 nitrogen and oxygen atoms in total. The van der Waals surface area contributed by atoms with E-state index in [9.17, 15) is 4.39 Å². The van der Waals surface area contributed by atoms with E-state index in [2.05, 4.69) is 29.6 Å². The number of benzene rings is 2. The zero-order valence-corrected chi connectivity index (χ0v) is 13.9. The molecule has 0 saturated carbocycles. The van der Waals surface area contributed by atoms with Gasteiger partial charge in [0, 0.05) is 24.3 Å². The number of rotatable bonds is 6. The maximum atomic E-state index is 12.5. The fraction of sp³-hybridized carbons (Fsp3) is 0.278. The third kappa shape index (κ3) is 3.68. The van der Waals surface area contributed by atoms with Crippen molar-refractivity contribution in [2.45, 2.75) is 18.9 Å². The second kappa shape index (κ2) is 7.06. The Morgan fingerprint density at radius 1 is 1.22 bits per heavy atom. The van der Waals surface area contributed by atoms with Crippen LogP contribution in [0, 0.1) is 0 Å². The van der Waals surface area contributed by atoms with Crippen molar-refractivity contribution in [1.82, 2.24) is 4.98 Å². The molecule has 0 aliphatic carbocycles. The largest absolute Gasteiger partial charge is 0.388 e. The molecule has 0 aliphatic heterocycles. The van der Waals surface area contributed by atoms with Crippen LogP contribution in [0.25, 0.3) is 20.8 Å². The summed E-state index contributed by atoms with van der Waals surface area (Å²) in [5, 5.41) is 4.13. The minimum absolute atomic E-state index is 0.367. The quantitative estimate of drug-likeness (QED) is 0.711. The molecule has 2 aromatic carbocycles. The highest BCUT2D eigenvalue weighted by molar-refractivity contribution is 7.21. The van der Waals surface area contributed by atoms with E-state index in [0.29, 0.717) is 6.42 Å². The molecule has 0 saturated heterocycles. The zero-order chi connectivity index (χ0) is 16.2. The summed E-state index contributed by atoms with van der Waals surface area (Å²) in [5.74, 6) is 0. The molecule has 1 atom stereocenters. The van der Waals surface area contributed by atoms with Crippen LogP contribution in [0.2, 0.25) is 0 Å². The third-order valence-electron chi connectivity index (χ3n) is 3.88. The summed E-state index contributed by atoms with van der Waals surface area (Å²) in [4.78, 5) is 4.70. The molecule has 0 fully saturated rings. The first kappa shape index (κ1) is 15.9. The summed E-state index contributed by atoms with van der Waals surface area (Å²) < 4.78 is 13.6. The summed E-state index contributed by atoms with van der Waals surface area (Å²) in [5.41, 5.74) is 10.0. The van der Waals surface area contributed by atoms with Gasteiger partial charge in [-0.1, -0.05) is 6.07 Å². The Morgan fingerprint density at radius 2 is 2.00 bits per heavy atom. The van der Waals surface area contributed by atoms with Crippen LogP contribution in [-0.4, -0.2) is 24.7 Å². The molecule has 0 amide bonds. The Morgan fingerprint density at radius 3 is 2.70 bits per heavy atom. The molecule has 0 radical (unpaired) electrons. The smallest absolute Gasteiger partial charge is 0.124 e. The molecule has 1 heterocycles. The summed E-state index contributed by atoms with van der Waals surface area (Å²) in [6, 6.07) is 14.1. The van der Waals surface area contributed by atoms with Gasteiger partial charge in [-0.15, -0.1) is 11.3 Å². The normalized spacial score (nSPS) is 12.5. The molecule has 3 aromatic rings. The lowest BCUT2D eigenvalue weighted by atomic mass is 10.1. The maximum Gasteiger partial charge on any atom is 0.124 e.